The van der Waals surface area contributed by atoms with Crippen LogP contribution in [0.15, 0.2) is 36.7 Å². The quantitative estimate of drug-likeness (QED) is 0.758. The third-order valence-electron chi connectivity index (χ3n) is 1.84. The molecule has 0 spiro atoms. The van der Waals surface area contributed by atoms with Crippen LogP contribution in [0.3, 0.4) is 0 Å². The third-order valence-corrected chi connectivity index (χ3v) is 1.84. The molecule has 0 bridgehead atoms. The first kappa shape index (κ1) is 8.62. The topological polar surface area (TPSA) is 50.1 Å². The summed E-state index contributed by atoms with van der Waals surface area (Å²) < 4.78 is 1.71. The smallest absolute Gasteiger partial charge is 0.117 e. The molecule has 0 aliphatic rings. The maximum Gasteiger partial charge on any atom is 0.117 e. The number of nitrogens with one attached hydrogen (secondary N) is 1. The molecule has 72 valence electrons. The van der Waals surface area contributed by atoms with Crippen LogP contribution in [0.25, 0.3) is 0 Å². The number of phenols is 1. The number of nitrogens with zero attached hydrogens (tertiary/aromatic N) is 2. The lowest BCUT2D eigenvalue weighted by atomic mass is 10.3. The van der Waals surface area contributed by atoms with E-state index >= 15 is 0 Å². The molecule has 0 unspecified atom stereocenters. The zero-order valence-electron chi connectivity index (χ0n) is 7.81. The van der Waals surface area contributed by atoms with Crippen LogP contribution in [-0.2, 0) is 7.05 Å². The zero-order valence-corrected chi connectivity index (χ0v) is 7.81. The number of anilines is 2. The van der Waals surface area contributed by atoms with E-state index in [0.717, 1.165) is 11.4 Å². The second-order valence-corrected chi connectivity index (χ2v) is 3.08. The van der Waals surface area contributed by atoms with Gasteiger partial charge >= 0.3 is 0 Å². The monoisotopic (exact) mass is 189 g/mol. The lowest BCUT2D eigenvalue weighted by Gasteiger charge is -2.02. The third kappa shape index (κ3) is 1.85. The highest BCUT2D eigenvalue weighted by atomic mass is 16.3. The van der Waals surface area contributed by atoms with Crippen molar-refractivity contribution in [2.45, 2.75) is 0 Å². The first-order valence-electron chi connectivity index (χ1n) is 4.29. The number of aromatic nitrogens is 2. The van der Waals surface area contributed by atoms with Gasteiger partial charge in [0, 0.05) is 25.0 Å². The van der Waals surface area contributed by atoms with E-state index in [4.69, 9.17) is 0 Å². The molecule has 1 aromatic heterocycles. The summed E-state index contributed by atoms with van der Waals surface area (Å²) >= 11 is 0. The van der Waals surface area contributed by atoms with E-state index in [2.05, 4.69) is 10.4 Å². The van der Waals surface area contributed by atoms with Gasteiger partial charge in [-0.25, -0.2) is 0 Å². The summed E-state index contributed by atoms with van der Waals surface area (Å²) in [7, 11) is 1.85. The molecule has 1 heterocycles. The van der Waals surface area contributed by atoms with E-state index in [1.807, 2.05) is 19.3 Å². The minimum atomic E-state index is 0.249. The van der Waals surface area contributed by atoms with Gasteiger partial charge in [0.05, 0.1) is 11.9 Å². The molecule has 2 rings (SSSR count). The number of rotatable bonds is 2. The molecule has 14 heavy (non-hydrogen) atoms. The Morgan fingerprint density at radius 2 is 2.21 bits per heavy atom. The molecular formula is C10H11N3O. The number of benzene rings is 1. The Balaban J connectivity index is 2.18. The molecule has 2 aromatic rings. The van der Waals surface area contributed by atoms with Gasteiger partial charge < -0.3 is 10.4 Å². The molecule has 0 radical (unpaired) electrons. The molecule has 0 atom stereocenters. The molecule has 2 N–H and O–H groups in total. The van der Waals surface area contributed by atoms with Crippen LogP contribution in [0.5, 0.6) is 5.75 Å². The van der Waals surface area contributed by atoms with Gasteiger partial charge in [-0.05, 0) is 12.1 Å². The van der Waals surface area contributed by atoms with Gasteiger partial charge in [-0.15, -0.1) is 0 Å². The van der Waals surface area contributed by atoms with Gasteiger partial charge in [-0.2, -0.15) is 5.10 Å². The summed E-state index contributed by atoms with van der Waals surface area (Å²) in [6, 6.07) is 6.96. The number of aryl methyl sites for hydroxylation is 1. The van der Waals surface area contributed by atoms with Crippen molar-refractivity contribution in [2.24, 2.45) is 7.05 Å². The predicted molar refractivity (Wildman–Crippen MR) is 54.6 cm³/mol. The number of aromatic hydroxyl groups is 1. The van der Waals surface area contributed by atoms with Crippen LogP contribution in [0.2, 0.25) is 0 Å². The van der Waals surface area contributed by atoms with Gasteiger partial charge in [-0.1, -0.05) is 6.07 Å². The van der Waals surface area contributed by atoms with Crippen molar-refractivity contribution in [1.29, 1.82) is 0 Å². The normalized spacial score (nSPS) is 10.1. The van der Waals surface area contributed by atoms with E-state index in [1.54, 1.807) is 29.1 Å². The maximum atomic E-state index is 9.24. The minimum absolute atomic E-state index is 0.249. The highest BCUT2D eigenvalue weighted by Crippen LogP contribution is 2.19. The van der Waals surface area contributed by atoms with Crippen molar-refractivity contribution in [3.05, 3.63) is 36.7 Å². The fourth-order valence-corrected chi connectivity index (χ4v) is 1.24. The molecule has 4 nitrogen and oxygen atoms in total. The van der Waals surface area contributed by atoms with Gasteiger partial charge in [0.15, 0.2) is 0 Å². The molecule has 0 aliphatic carbocycles. The highest BCUT2D eigenvalue weighted by Gasteiger charge is 1.97. The fourth-order valence-electron chi connectivity index (χ4n) is 1.24. The van der Waals surface area contributed by atoms with Crippen molar-refractivity contribution in [2.75, 3.05) is 5.32 Å². The fraction of sp³-hybridized carbons (Fsp3) is 0.100. The largest absolute Gasteiger partial charge is 0.508 e. The Bertz CT molecular complexity index is 436. The molecule has 4 heteroatoms. The molecule has 1 aromatic carbocycles. The first-order chi connectivity index (χ1) is 6.74. The number of hydrogen-bond acceptors (Lipinski definition) is 3. The van der Waals surface area contributed by atoms with Crippen molar-refractivity contribution in [1.82, 2.24) is 9.78 Å². The highest BCUT2D eigenvalue weighted by molar-refractivity contribution is 5.59. The van der Waals surface area contributed by atoms with Gasteiger partial charge in [0.25, 0.3) is 0 Å². The standard InChI is InChI=1S/C10H11N3O/c1-13-7-9(6-11-13)12-8-3-2-4-10(14)5-8/h2-7,12,14H,1H3. The Kier molecular flexibility index (Phi) is 2.10. The lowest BCUT2D eigenvalue weighted by Crippen LogP contribution is -1.88. The van der Waals surface area contributed by atoms with Crippen LogP contribution in [0.1, 0.15) is 0 Å². The van der Waals surface area contributed by atoms with E-state index in [9.17, 15) is 5.11 Å². The van der Waals surface area contributed by atoms with Crippen LogP contribution in [-0.4, -0.2) is 14.9 Å². The summed E-state index contributed by atoms with van der Waals surface area (Å²) in [4.78, 5) is 0. The second kappa shape index (κ2) is 3.41. The average Bonchev–Trinajstić information content (AvgIpc) is 2.51. The molecule has 0 amide bonds. The molecule has 0 saturated carbocycles. The molecule has 0 aliphatic heterocycles. The summed E-state index contributed by atoms with van der Waals surface area (Å²) in [6.07, 6.45) is 3.59. The van der Waals surface area contributed by atoms with E-state index in [0.29, 0.717) is 0 Å². The summed E-state index contributed by atoms with van der Waals surface area (Å²) in [5.41, 5.74) is 1.75. The number of phenolic OH excluding ortho intramolecular Hbond substituents is 1. The summed E-state index contributed by atoms with van der Waals surface area (Å²) in [5, 5.41) is 16.4. The van der Waals surface area contributed by atoms with Crippen molar-refractivity contribution in [3.8, 4) is 5.75 Å². The number of hydrogen-bond donors (Lipinski definition) is 2. The predicted octanol–water partition coefficient (Wildman–Crippen LogP) is 1.87. The minimum Gasteiger partial charge on any atom is -0.508 e. The van der Waals surface area contributed by atoms with Gasteiger partial charge in [-0.3, -0.25) is 4.68 Å². The van der Waals surface area contributed by atoms with Crippen LogP contribution in [0.4, 0.5) is 11.4 Å². The van der Waals surface area contributed by atoms with E-state index in [-0.39, 0.29) is 5.75 Å². The summed E-state index contributed by atoms with van der Waals surface area (Å²) in [5.74, 6) is 0.249. The Morgan fingerprint density at radius 1 is 1.36 bits per heavy atom. The van der Waals surface area contributed by atoms with E-state index < -0.39 is 0 Å². The zero-order chi connectivity index (χ0) is 9.97. The SMILES string of the molecule is Cn1cc(Nc2cccc(O)c2)cn1. The van der Waals surface area contributed by atoms with E-state index in [1.165, 1.54) is 0 Å². The second-order valence-electron chi connectivity index (χ2n) is 3.08. The Hall–Kier alpha value is -1.97. The van der Waals surface area contributed by atoms with Crippen LogP contribution < -0.4 is 5.32 Å². The van der Waals surface area contributed by atoms with Crippen LogP contribution >= 0.6 is 0 Å². The van der Waals surface area contributed by atoms with Gasteiger partial charge in [0.1, 0.15) is 5.75 Å². The lowest BCUT2D eigenvalue weighted by molar-refractivity contribution is 0.475. The van der Waals surface area contributed by atoms with Crippen LogP contribution in [0, 0.1) is 0 Å². The first-order valence-corrected chi connectivity index (χ1v) is 4.29. The van der Waals surface area contributed by atoms with Gasteiger partial charge in [0.2, 0.25) is 0 Å². The van der Waals surface area contributed by atoms with Crippen molar-refractivity contribution >= 4 is 11.4 Å². The molecule has 0 saturated heterocycles. The average molecular weight is 189 g/mol. The van der Waals surface area contributed by atoms with Crippen molar-refractivity contribution < 1.29 is 5.11 Å². The Labute approximate surface area is 81.8 Å². The maximum absolute atomic E-state index is 9.24. The Morgan fingerprint density at radius 3 is 2.86 bits per heavy atom. The molecule has 0 fully saturated rings. The van der Waals surface area contributed by atoms with Crippen molar-refractivity contribution in [3.63, 3.8) is 0 Å². The summed E-state index contributed by atoms with van der Waals surface area (Å²) in [6.45, 7) is 0. The molecular weight excluding hydrogens is 178 g/mol.